The van der Waals surface area contributed by atoms with Gasteiger partial charge in [0, 0.05) is 0 Å². The summed E-state index contributed by atoms with van der Waals surface area (Å²) in [4.78, 5) is 0. The SMILES string of the molecule is CCCCCC(O)(CCCCC)C(CO)(CO)CO. The Morgan fingerprint density at radius 3 is 1.32 bits per heavy atom. The second-order valence-corrected chi connectivity index (χ2v) is 5.70. The van der Waals surface area contributed by atoms with Gasteiger partial charge < -0.3 is 20.4 Å². The maximum Gasteiger partial charge on any atom is 0.0770 e. The van der Waals surface area contributed by atoms with Gasteiger partial charge in [0.2, 0.25) is 0 Å². The summed E-state index contributed by atoms with van der Waals surface area (Å²) in [6, 6.07) is 0. The van der Waals surface area contributed by atoms with E-state index < -0.39 is 30.8 Å². The van der Waals surface area contributed by atoms with Gasteiger partial charge in [0.1, 0.15) is 0 Å². The summed E-state index contributed by atoms with van der Waals surface area (Å²) >= 11 is 0. The summed E-state index contributed by atoms with van der Waals surface area (Å²) in [6.07, 6.45) is 6.86. The van der Waals surface area contributed by atoms with E-state index in [9.17, 15) is 20.4 Å². The largest absolute Gasteiger partial charge is 0.395 e. The van der Waals surface area contributed by atoms with Crippen molar-refractivity contribution in [2.45, 2.75) is 70.8 Å². The number of aliphatic hydroxyl groups is 4. The molecule has 0 unspecified atom stereocenters. The quantitative estimate of drug-likeness (QED) is 0.410. The van der Waals surface area contributed by atoms with Crippen LogP contribution in [0.3, 0.4) is 0 Å². The number of hydrogen-bond donors (Lipinski definition) is 4. The molecule has 0 aliphatic heterocycles. The second-order valence-electron chi connectivity index (χ2n) is 5.70. The monoisotopic (exact) mass is 276 g/mol. The Bertz CT molecular complexity index is 196. The first-order chi connectivity index (χ1) is 9.05. The molecule has 4 heteroatoms. The summed E-state index contributed by atoms with van der Waals surface area (Å²) in [5, 5.41) is 39.5. The zero-order chi connectivity index (χ0) is 14.8. The van der Waals surface area contributed by atoms with Crippen LogP contribution >= 0.6 is 0 Å². The third-order valence-corrected chi connectivity index (χ3v) is 4.28. The fourth-order valence-electron chi connectivity index (χ4n) is 2.58. The molecule has 0 saturated heterocycles. The highest BCUT2D eigenvalue weighted by Crippen LogP contribution is 2.39. The second kappa shape index (κ2) is 9.70. The first-order valence-electron chi connectivity index (χ1n) is 7.60. The van der Waals surface area contributed by atoms with E-state index in [0.717, 1.165) is 38.5 Å². The van der Waals surface area contributed by atoms with E-state index in [2.05, 4.69) is 13.8 Å². The molecule has 116 valence electrons. The van der Waals surface area contributed by atoms with Gasteiger partial charge in [-0.1, -0.05) is 52.4 Å². The van der Waals surface area contributed by atoms with Gasteiger partial charge in [-0.3, -0.25) is 0 Å². The van der Waals surface area contributed by atoms with E-state index in [0.29, 0.717) is 12.8 Å². The molecule has 0 aromatic rings. The van der Waals surface area contributed by atoms with Crippen molar-refractivity contribution in [1.29, 1.82) is 0 Å². The fourth-order valence-corrected chi connectivity index (χ4v) is 2.58. The minimum Gasteiger partial charge on any atom is -0.395 e. The van der Waals surface area contributed by atoms with Crippen LogP contribution in [0.5, 0.6) is 0 Å². The summed E-state index contributed by atoms with van der Waals surface area (Å²) in [5.41, 5.74) is -2.38. The average Bonchev–Trinajstić information content (AvgIpc) is 2.42. The highest BCUT2D eigenvalue weighted by molar-refractivity contribution is 4.98. The Labute approximate surface area is 117 Å². The van der Waals surface area contributed by atoms with Crippen molar-refractivity contribution < 1.29 is 20.4 Å². The van der Waals surface area contributed by atoms with Gasteiger partial charge in [-0.05, 0) is 12.8 Å². The lowest BCUT2D eigenvalue weighted by Gasteiger charge is -2.44. The van der Waals surface area contributed by atoms with Crippen LogP contribution < -0.4 is 0 Å². The number of unbranched alkanes of at least 4 members (excludes halogenated alkanes) is 4. The average molecular weight is 276 g/mol. The van der Waals surface area contributed by atoms with Crippen molar-refractivity contribution in [1.82, 2.24) is 0 Å². The standard InChI is InChI=1S/C15H32O4/c1-3-5-7-9-15(19,10-8-6-4-2)14(11-16,12-17)13-18/h16-19H,3-13H2,1-2H3. The Hall–Kier alpha value is -0.160. The molecule has 0 aromatic heterocycles. The Morgan fingerprint density at radius 2 is 1.05 bits per heavy atom. The Balaban J connectivity index is 4.87. The minimum absolute atomic E-state index is 0.394. The summed E-state index contributed by atoms with van der Waals surface area (Å²) in [5.74, 6) is 0. The minimum atomic E-state index is -1.20. The van der Waals surface area contributed by atoms with Gasteiger partial charge >= 0.3 is 0 Å². The molecule has 0 aliphatic carbocycles. The van der Waals surface area contributed by atoms with E-state index in [-0.39, 0.29) is 0 Å². The van der Waals surface area contributed by atoms with E-state index in [1.54, 1.807) is 0 Å². The van der Waals surface area contributed by atoms with Crippen LogP contribution in [0.1, 0.15) is 65.2 Å². The molecule has 4 N–H and O–H groups in total. The normalized spacial score (nSPS) is 12.9. The van der Waals surface area contributed by atoms with Crippen molar-refractivity contribution in [3.63, 3.8) is 0 Å². The number of rotatable bonds is 12. The first kappa shape index (κ1) is 18.8. The van der Waals surface area contributed by atoms with Crippen molar-refractivity contribution in [3.05, 3.63) is 0 Å². The smallest absolute Gasteiger partial charge is 0.0770 e. The maximum atomic E-state index is 10.9. The molecule has 0 fully saturated rings. The summed E-state index contributed by atoms with van der Waals surface area (Å²) < 4.78 is 0. The topological polar surface area (TPSA) is 80.9 Å². The number of aliphatic hydroxyl groups excluding tert-OH is 3. The van der Waals surface area contributed by atoms with Crippen molar-refractivity contribution >= 4 is 0 Å². The van der Waals surface area contributed by atoms with Gasteiger partial charge in [0.05, 0.1) is 30.8 Å². The molecule has 0 amide bonds. The Kier molecular flexibility index (Phi) is 9.62. The van der Waals surface area contributed by atoms with Crippen molar-refractivity contribution in [3.8, 4) is 0 Å². The molecule has 0 spiro atoms. The van der Waals surface area contributed by atoms with E-state index in [1.807, 2.05) is 0 Å². The van der Waals surface area contributed by atoms with Crippen LogP contribution in [0.15, 0.2) is 0 Å². The molecule has 0 heterocycles. The fraction of sp³-hybridized carbons (Fsp3) is 1.00. The van der Waals surface area contributed by atoms with Crippen LogP contribution in [0.2, 0.25) is 0 Å². The van der Waals surface area contributed by atoms with Crippen molar-refractivity contribution in [2.75, 3.05) is 19.8 Å². The summed E-state index contributed by atoms with van der Waals surface area (Å²) in [6.45, 7) is 3.00. The van der Waals surface area contributed by atoms with Gasteiger partial charge in [0.25, 0.3) is 0 Å². The number of hydrogen-bond acceptors (Lipinski definition) is 4. The highest BCUT2D eigenvalue weighted by atomic mass is 16.3. The zero-order valence-electron chi connectivity index (χ0n) is 12.6. The van der Waals surface area contributed by atoms with Crippen LogP contribution in [0.4, 0.5) is 0 Å². The zero-order valence-corrected chi connectivity index (χ0v) is 12.6. The van der Waals surface area contributed by atoms with E-state index in [4.69, 9.17) is 0 Å². The predicted octanol–water partition coefficient (Wildman–Crippen LogP) is 1.84. The van der Waals surface area contributed by atoms with Gasteiger partial charge in [-0.15, -0.1) is 0 Å². The van der Waals surface area contributed by atoms with E-state index in [1.165, 1.54) is 0 Å². The maximum absolute atomic E-state index is 10.9. The first-order valence-corrected chi connectivity index (χ1v) is 7.60. The van der Waals surface area contributed by atoms with E-state index >= 15 is 0 Å². The molecule has 0 aliphatic rings. The lowest BCUT2D eigenvalue weighted by atomic mass is 9.68. The highest BCUT2D eigenvalue weighted by Gasteiger charge is 2.48. The lowest BCUT2D eigenvalue weighted by Crippen LogP contribution is -2.55. The molecule has 19 heavy (non-hydrogen) atoms. The lowest BCUT2D eigenvalue weighted by molar-refractivity contribution is -0.162. The molecule has 0 saturated carbocycles. The third-order valence-electron chi connectivity index (χ3n) is 4.28. The van der Waals surface area contributed by atoms with Gasteiger partial charge in [0.15, 0.2) is 0 Å². The van der Waals surface area contributed by atoms with Gasteiger partial charge in [-0.2, -0.15) is 0 Å². The molecule has 0 radical (unpaired) electrons. The van der Waals surface area contributed by atoms with Crippen LogP contribution in [0, 0.1) is 5.41 Å². The molecule has 0 rings (SSSR count). The molecule has 4 nitrogen and oxygen atoms in total. The predicted molar refractivity (Wildman–Crippen MR) is 76.9 cm³/mol. The molecule has 0 bridgehead atoms. The van der Waals surface area contributed by atoms with Gasteiger partial charge in [-0.25, -0.2) is 0 Å². The molecular weight excluding hydrogens is 244 g/mol. The molecular formula is C15H32O4. The van der Waals surface area contributed by atoms with Crippen LogP contribution in [0.25, 0.3) is 0 Å². The Morgan fingerprint density at radius 1 is 0.684 bits per heavy atom. The molecule has 0 atom stereocenters. The third kappa shape index (κ3) is 5.03. The van der Waals surface area contributed by atoms with Crippen LogP contribution in [-0.2, 0) is 0 Å². The summed E-state index contributed by atoms with van der Waals surface area (Å²) in [7, 11) is 0. The molecule has 0 aromatic carbocycles. The van der Waals surface area contributed by atoms with Crippen molar-refractivity contribution in [2.24, 2.45) is 5.41 Å². The van der Waals surface area contributed by atoms with Crippen LogP contribution in [-0.4, -0.2) is 45.8 Å².